The number of pyridine rings is 2. The van der Waals surface area contributed by atoms with E-state index in [1.807, 2.05) is 63.2 Å². The number of nitrogens with one attached hydrogen (secondary N) is 1. The molecule has 4 aromatic heterocycles. The predicted molar refractivity (Wildman–Crippen MR) is 290 cm³/mol. The van der Waals surface area contributed by atoms with Crippen molar-refractivity contribution in [1.29, 1.82) is 0 Å². The fourth-order valence-corrected chi connectivity index (χ4v) is 8.50. The molecule has 426 valence electrons. The molecule has 0 saturated carbocycles. The van der Waals surface area contributed by atoms with Gasteiger partial charge in [0.15, 0.2) is 11.6 Å². The summed E-state index contributed by atoms with van der Waals surface area (Å²) in [6, 6.07) is 2.61. The van der Waals surface area contributed by atoms with Gasteiger partial charge in [-0.1, -0.05) is 0 Å². The third-order valence-electron chi connectivity index (χ3n) is 13.3. The van der Waals surface area contributed by atoms with Crippen LogP contribution in [0.3, 0.4) is 0 Å². The van der Waals surface area contributed by atoms with E-state index in [0.29, 0.717) is 96.0 Å². The molecule has 78 heavy (non-hydrogen) atoms. The Balaban J connectivity index is 0.000000171. The highest BCUT2D eigenvalue weighted by Gasteiger charge is 2.53. The zero-order valence-electron chi connectivity index (χ0n) is 45.9. The number of aliphatic imine (C=N–C) groups is 1. The van der Waals surface area contributed by atoms with Crippen LogP contribution in [0.5, 0.6) is 0 Å². The van der Waals surface area contributed by atoms with E-state index < -0.39 is 36.8 Å². The van der Waals surface area contributed by atoms with Gasteiger partial charge >= 0.3 is 13.2 Å². The van der Waals surface area contributed by atoms with Gasteiger partial charge in [0.25, 0.3) is 12.9 Å². The second kappa shape index (κ2) is 25.8. The number of nitrogens with two attached hydrogens (primary N) is 1. The standard InChI is InChI=1S/C17H27ClN6O3.C17H22F2N8O.C15H22BF2N3O2/c1-12-11-26-10-9-24(12)15-20-13(18)19-14(21-15)22-5-7-23(8-6-22)16(25)27-17(2,3)4;18-14(19)11-9-13(20)22-10-12(11)15-23-16(26-3-1-21-2-4-26)25-17(24-15)27-5-7-28-8-6-27;1-14(2)15(3,4)23-16(22-14)11-8-19-12(20-9-21(5)6)7-10(11)13(17)18/h12H,5-11H2,1-4H3;9-10,14,21H,1-8H2,(H2,20,22);7-9,13H,1-6H3/t12-;;/m0../s1. The summed E-state index contributed by atoms with van der Waals surface area (Å²) in [7, 11) is 2.70. The molecule has 5 fully saturated rings. The number of halogens is 5. The number of amides is 1. The zero-order valence-corrected chi connectivity index (χ0v) is 46.7. The number of nitrogen functional groups attached to an aromatic ring is 1. The zero-order chi connectivity index (χ0) is 56.5. The smallest absolute Gasteiger partial charge is 0.444 e. The van der Waals surface area contributed by atoms with Crippen LogP contribution in [0.15, 0.2) is 29.5 Å². The van der Waals surface area contributed by atoms with E-state index in [4.69, 9.17) is 40.9 Å². The number of hydrogen-bond acceptors (Lipinski definition) is 21. The minimum atomic E-state index is -2.72. The van der Waals surface area contributed by atoms with Gasteiger partial charge in [0.1, 0.15) is 11.4 Å². The van der Waals surface area contributed by atoms with Crippen molar-refractivity contribution in [3.8, 4) is 11.4 Å². The molecule has 0 aromatic carbocycles. The first-order valence-electron chi connectivity index (χ1n) is 25.8. The van der Waals surface area contributed by atoms with E-state index in [0.717, 1.165) is 26.2 Å². The van der Waals surface area contributed by atoms with Crippen molar-refractivity contribution in [1.82, 2.24) is 55.0 Å². The van der Waals surface area contributed by atoms with Crippen molar-refractivity contribution in [2.45, 2.75) is 91.1 Å². The fourth-order valence-electron chi connectivity index (χ4n) is 8.35. The number of carbonyl (C=O) groups is 1. The third-order valence-corrected chi connectivity index (χ3v) is 13.4. The molecule has 1 atom stereocenters. The molecule has 9 rings (SSSR count). The number of alkyl halides is 4. The van der Waals surface area contributed by atoms with Crippen LogP contribution in [0.4, 0.5) is 57.8 Å². The Morgan fingerprint density at radius 1 is 0.795 bits per heavy atom. The van der Waals surface area contributed by atoms with Crippen molar-refractivity contribution < 1.29 is 45.9 Å². The molecular weight excluding hydrogens is 1040 g/mol. The van der Waals surface area contributed by atoms with Gasteiger partial charge in [0.2, 0.25) is 29.1 Å². The molecule has 5 saturated heterocycles. The Morgan fingerprint density at radius 3 is 1.95 bits per heavy atom. The average molecular weight is 1120 g/mol. The van der Waals surface area contributed by atoms with Crippen LogP contribution in [-0.2, 0) is 23.5 Å². The summed E-state index contributed by atoms with van der Waals surface area (Å²) in [4.78, 5) is 62.6. The Kier molecular flexibility index (Phi) is 19.7. The molecule has 0 aliphatic carbocycles. The fraction of sp³-hybridized carbons (Fsp3) is 0.633. The van der Waals surface area contributed by atoms with Crippen LogP contribution in [0.1, 0.15) is 79.4 Å². The summed E-state index contributed by atoms with van der Waals surface area (Å²) >= 11 is 6.16. The lowest BCUT2D eigenvalue weighted by atomic mass is 9.77. The van der Waals surface area contributed by atoms with Crippen LogP contribution in [0, 0.1) is 0 Å². The van der Waals surface area contributed by atoms with Crippen LogP contribution < -0.4 is 36.1 Å². The quantitative estimate of drug-likeness (QED) is 0.0915. The van der Waals surface area contributed by atoms with E-state index >= 15 is 0 Å². The summed E-state index contributed by atoms with van der Waals surface area (Å²) < 4.78 is 82.1. The first-order chi connectivity index (χ1) is 36.9. The molecule has 0 unspecified atom stereocenters. The number of rotatable bonds is 10. The number of piperazine rings is 2. The second-order valence-electron chi connectivity index (χ2n) is 21.1. The van der Waals surface area contributed by atoms with Gasteiger partial charge in [0.05, 0.1) is 50.0 Å². The molecule has 4 aromatic rings. The molecule has 29 heteroatoms. The molecule has 3 N–H and O–H groups in total. The number of hydrogen-bond donors (Lipinski definition) is 2. The summed E-state index contributed by atoms with van der Waals surface area (Å²) in [5.74, 6) is 2.46. The van der Waals surface area contributed by atoms with Crippen molar-refractivity contribution in [2.24, 2.45) is 4.99 Å². The summed E-state index contributed by atoms with van der Waals surface area (Å²) in [6.45, 7) is 24.9. The van der Waals surface area contributed by atoms with E-state index in [2.05, 4.69) is 62.0 Å². The largest absolute Gasteiger partial charge is 0.496 e. The highest BCUT2D eigenvalue weighted by atomic mass is 35.5. The molecule has 0 radical (unpaired) electrons. The lowest BCUT2D eigenvalue weighted by Gasteiger charge is -2.36. The van der Waals surface area contributed by atoms with Gasteiger partial charge in [0, 0.05) is 121 Å². The SMILES string of the molecule is CN(C)C=Nc1cc(C(F)F)c(B2OC(C)(C)C(C)(C)O2)cn1.C[C@H]1COCCN1c1nc(Cl)nc(N2CCN(C(=O)OC(C)(C)C)CC2)n1.Nc1cc(C(F)F)c(-c2nc(N3CCNCC3)nc(N3CCOCC3)n2)cn1. The molecule has 1 amide bonds. The van der Waals surface area contributed by atoms with Gasteiger partial charge in [-0.25, -0.2) is 37.3 Å². The number of ether oxygens (including phenoxy) is 3. The number of anilines is 5. The van der Waals surface area contributed by atoms with Gasteiger partial charge in [-0.05, 0) is 79.1 Å². The van der Waals surface area contributed by atoms with Crippen molar-refractivity contribution in [3.63, 3.8) is 0 Å². The Bertz CT molecular complexity index is 2630. The van der Waals surface area contributed by atoms with E-state index in [9.17, 15) is 22.4 Å². The number of nitrogens with zero attached hydrogens (tertiary/aromatic N) is 15. The summed E-state index contributed by atoms with van der Waals surface area (Å²) in [6.07, 6.45) is -1.51. The van der Waals surface area contributed by atoms with E-state index in [-0.39, 0.29) is 57.0 Å². The average Bonchev–Trinajstić information content (AvgIpc) is 3.63. The Morgan fingerprint density at radius 2 is 1.36 bits per heavy atom. The minimum absolute atomic E-state index is 0.0313. The first-order valence-corrected chi connectivity index (χ1v) is 26.2. The van der Waals surface area contributed by atoms with Crippen LogP contribution >= 0.6 is 11.6 Å². The third kappa shape index (κ3) is 15.6. The van der Waals surface area contributed by atoms with Crippen LogP contribution in [0.2, 0.25) is 5.28 Å². The van der Waals surface area contributed by atoms with Crippen molar-refractivity contribution in [2.75, 3.05) is 138 Å². The van der Waals surface area contributed by atoms with E-state index in [1.54, 1.807) is 23.9 Å². The number of aromatic nitrogens is 8. The van der Waals surface area contributed by atoms with Crippen molar-refractivity contribution >= 4 is 72.0 Å². The molecule has 23 nitrogen and oxygen atoms in total. The Labute approximate surface area is 457 Å². The Hall–Kier alpha value is -6.07. The van der Waals surface area contributed by atoms with Gasteiger partial charge < -0.3 is 64.0 Å². The maximum Gasteiger partial charge on any atom is 0.496 e. The molecule has 5 aliphatic rings. The molecular formula is C49H71BClF4N17O6. The monoisotopic (exact) mass is 1120 g/mol. The van der Waals surface area contributed by atoms with Crippen LogP contribution in [-0.4, -0.2) is 205 Å². The first kappa shape index (κ1) is 59.6. The van der Waals surface area contributed by atoms with E-state index in [1.165, 1.54) is 30.9 Å². The van der Waals surface area contributed by atoms with Gasteiger partial charge in [-0.3, -0.25) is 0 Å². The van der Waals surface area contributed by atoms with Crippen LogP contribution in [0.25, 0.3) is 11.4 Å². The summed E-state index contributed by atoms with van der Waals surface area (Å²) in [5.41, 5.74) is 3.89. The maximum atomic E-state index is 13.6. The highest BCUT2D eigenvalue weighted by Crippen LogP contribution is 2.38. The molecule has 0 spiro atoms. The topological polar surface area (TPSA) is 236 Å². The minimum Gasteiger partial charge on any atom is -0.444 e. The lowest BCUT2D eigenvalue weighted by Crippen LogP contribution is -2.50. The second-order valence-corrected chi connectivity index (χ2v) is 21.5. The number of morpholine rings is 2. The highest BCUT2D eigenvalue weighted by molar-refractivity contribution is 6.62. The summed E-state index contributed by atoms with van der Waals surface area (Å²) in [5, 5.41) is 3.45. The molecule has 0 bridgehead atoms. The van der Waals surface area contributed by atoms with Crippen molar-refractivity contribution in [3.05, 3.63) is 40.9 Å². The molecule has 5 aliphatic heterocycles. The van der Waals surface area contributed by atoms with Gasteiger partial charge in [-0.15, -0.1) is 0 Å². The molecule has 9 heterocycles. The predicted octanol–water partition coefficient (Wildman–Crippen LogP) is 5.05. The maximum absolute atomic E-state index is 13.6. The lowest BCUT2D eigenvalue weighted by molar-refractivity contribution is 0.00578. The normalized spacial score (nSPS) is 19.7. The number of carbonyl (C=O) groups excluding carboxylic acids is 1. The van der Waals surface area contributed by atoms with Gasteiger partial charge in [-0.2, -0.15) is 29.9 Å².